The van der Waals surface area contributed by atoms with Gasteiger partial charge in [0.25, 0.3) is 0 Å². The summed E-state index contributed by atoms with van der Waals surface area (Å²) >= 11 is 0. The van der Waals surface area contributed by atoms with E-state index in [2.05, 4.69) is 5.32 Å². The van der Waals surface area contributed by atoms with E-state index in [4.69, 9.17) is 0 Å². The third kappa shape index (κ3) is 2.48. The number of fused-ring (bicyclic) bond motifs is 1. The third-order valence-corrected chi connectivity index (χ3v) is 5.38. The van der Waals surface area contributed by atoms with E-state index < -0.39 is 11.8 Å². The van der Waals surface area contributed by atoms with E-state index in [-0.39, 0.29) is 11.6 Å². The van der Waals surface area contributed by atoms with Crippen molar-refractivity contribution >= 4 is 11.4 Å². The number of hydrogen-bond acceptors (Lipinski definition) is 2. The van der Waals surface area contributed by atoms with Gasteiger partial charge in [0.1, 0.15) is 0 Å². The number of alkyl halides is 3. The highest BCUT2D eigenvalue weighted by Crippen LogP contribution is 2.55. The van der Waals surface area contributed by atoms with Crippen LogP contribution in [0, 0.1) is 0 Å². The number of anilines is 2. The average Bonchev–Trinajstić information content (AvgIpc) is 2.99. The monoisotopic (exact) mass is 346 g/mol. The molecule has 0 aromatic heterocycles. The highest BCUT2D eigenvalue weighted by Gasteiger charge is 2.64. The fourth-order valence-electron chi connectivity index (χ4n) is 4.30. The van der Waals surface area contributed by atoms with Crippen LogP contribution in [-0.2, 0) is 5.66 Å². The van der Waals surface area contributed by atoms with Crippen LogP contribution in [0.2, 0.25) is 0 Å². The van der Waals surface area contributed by atoms with Crippen molar-refractivity contribution < 1.29 is 13.2 Å². The second-order valence-corrected chi connectivity index (χ2v) is 6.88. The highest BCUT2D eigenvalue weighted by molar-refractivity contribution is 5.79. The second-order valence-electron chi connectivity index (χ2n) is 6.88. The van der Waals surface area contributed by atoms with E-state index in [0.29, 0.717) is 11.4 Å². The van der Waals surface area contributed by atoms with Crippen LogP contribution in [0.1, 0.15) is 37.7 Å². The third-order valence-electron chi connectivity index (χ3n) is 5.38. The molecule has 1 aliphatic heterocycles. The first kappa shape index (κ1) is 16.3. The SMILES string of the molecule is FC(F)(F)C1(c2ccccc2)Nc2ccccc2N1C1CCCCC1. The lowest BCUT2D eigenvalue weighted by Gasteiger charge is -2.46. The molecule has 1 saturated carbocycles. The lowest BCUT2D eigenvalue weighted by Crippen LogP contribution is -2.61. The van der Waals surface area contributed by atoms with Crippen molar-refractivity contribution in [1.82, 2.24) is 0 Å². The normalized spacial score (nSPS) is 24.0. The molecule has 0 saturated heterocycles. The molecule has 1 aliphatic carbocycles. The molecule has 1 fully saturated rings. The van der Waals surface area contributed by atoms with Crippen molar-refractivity contribution in [2.75, 3.05) is 10.2 Å². The van der Waals surface area contributed by atoms with Gasteiger partial charge in [0.05, 0.1) is 11.4 Å². The summed E-state index contributed by atoms with van der Waals surface area (Å²) in [5.41, 5.74) is -0.769. The number of benzene rings is 2. The predicted molar refractivity (Wildman–Crippen MR) is 93.6 cm³/mol. The first-order chi connectivity index (χ1) is 12.0. The Morgan fingerprint density at radius 3 is 2.20 bits per heavy atom. The molecule has 2 aromatic rings. The van der Waals surface area contributed by atoms with Crippen LogP contribution < -0.4 is 10.2 Å². The summed E-state index contributed by atoms with van der Waals surface area (Å²) in [7, 11) is 0. The molecule has 0 radical (unpaired) electrons. The Morgan fingerprint density at radius 2 is 1.52 bits per heavy atom. The number of halogens is 3. The molecule has 1 heterocycles. The average molecular weight is 346 g/mol. The van der Waals surface area contributed by atoms with E-state index in [1.54, 1.807) is 53.4 Å². The Balaban J connectivity index is 1.92. The van der Waals surface area contributed by atoms with Crippen molar-refractivity contribution in [2.45, 2.75) is 50.0 Å². The minimum atomic E-state index is -4.45. The van der Waals surface area contributed by atoms with E-state index >= 15 is 0 Å². The van der Waals surface area contributed by atoms with Crippen LogP contribution in [0.4, 0.5) is 24.5 Å². The van der Waals surface area contributed by atoms with Gasteiger partial charge in [0.15, 0.2) is 0 Å². The quantitative estimate of drug-likeness (QED) is 0.754. The van der Waals surface area contributed by atoms with Gasteiger partial charge in [-0.2, -0.15) is 13.2 Å². The van der Waals surface area contributed by atoms with Gasteiger partial charge in [-0.05, 0) is 25.0 Å². The zero-order valence-corrected chi connectivity index (χ0v) is 13.9. The van der Waals surface area contributed by atoms with Crippen LogP contribution in [-0.4, -0.2) is 12.2 Å². The van der Waals surface area contributed by atoms with E-state index in [9.17, 15) is 13.2 Å². The van der Waals surface area contributed by atoms with Crippen molar-refractivity contribution in [1.29, 1.82) is 0 Å². The zero-order chi connectivity index (χ0) is 17.5. The molecular formula is C20H21F3N2. The molecule has 0 bridgehead atoms. The maximum absolute atomic E-state index is 14.6. The fraction of sp³-hybridized carbons (Fsp3) is 0.400. The molecule has 4 rings (SSSR count). The lowest BCUT2D eigenvalue weighted by atomic mass is 9.89. The van der Waals surface area contributed by atoms with Gasteiger partial charge in [0, 0.05) is 11.6 Å². The Kier molecular flexibility index (Phi) is 3.89. The van der Waals surface area contributed by atoms with Gasteiger partial charge in [-0.15, -0.1) is 0 Å². The van der Waals surface area contributed by atoms with Crippen molar-refractivity contribution in [2.24, 2.45) is 0 Å². The van der Waals surface area contributed by atoms with Crippen molar-refractivity contribution in [3.05, 3.63) is 60.2 Å². The minimum Gasteiger partial charge on any atom is -0.350 e. The molecule has 2 aliphatic rings. The first-order valence-corrected chi connectivity index (χ1v) is 8.83. The molecule has 2 nitrogen and oxygen atoms in total. The van der Waals surface area contributed by atoms with Gasteiger partial charge in [-0.25, -0.2) is 0 Å². The molecule has 1 unspecified atom stereocenters. The summed E-state index contributed by atoms with van der Waals surface area (Å²) in [5.74, 6) is 0. The summed E-state index contributed by atoms with van der Waals surface area (Å²) in [6.45, 7) is 0. The molecule has 132 valence electrons. The molecule has 5 heteroatoms. The van der Waals surface area contributed by atoms with Crippen LogP contribution in [0.25, 0.3) is 0 Å². The second kappa shape index (κ2) is 5.97. The Morgan fingerprint density at radius 1 is 0.880 bits per heavy atom. The maximum atomic E-state index is 14.6. The molecule has 0 spiro atoms. The van der Waals surface area contributed by atoms with E-state index in [0.717, 1.165) is 32.1 Å². The molecule has 25 heavy (non-hydrogen) atoms. The fourth-order valence-corrected chi connectivity index (χ4v) is 4.30. The smallest absolute Gasteiger partial charge is 0.350 e. The lowest BCUT2D eigenvalue weighted by molar-refractivity contribution is -0.183. The van der Waals surface area contributed by atoms with Gasteiger partial charge in [-0.1, -0.05) is 61.7 Å². The Bertz CT molecular complexity index is 738. The number of nitrogens with one attached hydrogen (secondary N) is 1. The molecular weight excluding hydrogens is 325 g/mol. The number of para-hydroxylation sites is 2. The number of rotatable bonds is 2. The first-order valence-electron chi connectivity index (χ1n) is 8.83. The van der Waals surface area contributed by atoms with Crippen molar-refractivity contribution in [3.8, 4) is 0 Å². The zero-order valence-electron chi connectivity index (χ0n) is 13.9. The summed E-state index contributed by atoms with van der Waals surface area (Å²) in [6, 6.07) is 15.3. The Labute approximate surface area is 145 Å². The van der Waals surface area contributed by atoms with Gasteiger partial charge in [0.2, 0.25) is 5.66 Å². The van der Waals surface area contributed by atoms with E-state index in [1.165, 1.54) is 0 Å². The van der Waals surface area contributed by atoms with Crippen LogP contribution in [0.3, 0.4) is 0 Å². The van der Waals surface area contributed by atoms with Crippen LogP contribution >= 0.6 is 0 Å². The standard InChI is InChI=1S/C20H21F3N2/c21-20(22,23)19(15-9-3-1-4-10-15)24-17-13-7-8-14-18(17)25(19)16-11-5-2-6-12-16/h1,3-4,7-10,13-14,16,24H,2,5-6,11-12H2. The molecule has 0 amide bonds. The number of nitrogens with zero attached hydrogens (tertiary/aromatic N) is 1. The topological polar surface area (TPSA) is 15.3 Å². The predicted octanol–water partition coefficient (Wildman–Crippen LogP) is 5.67. The van der Waals surface area contributed by atoms with Crippen molar-refractivity contribution in [3.63, 3.8) is 0 Å². The van der Waals surface area contributed by atoms with Gasteiger partial charge < -0.3 is 10.2 Å². The summed E-state index contributed by atoms with van der Waals surface area (Å²) in [5, 5.41) is 2.85. The Hall–Kier alpha value is -2.17. The summed E-state index contributed by atoms with van der Waals surface area (Å²) in [6.07, 6.45) is 0.189. The largest absolute Gasteiger partial charge is 0.435 e. The van der Waals surface area contributed by atoms with Gasteiger partial charge >= 0.3 is 6.18 Å². The highest BCUT2D eigenvalue weighted by atomic mass is 19.4. The van der Waals surface area contributed by atoms with Gasteiger partial charge in [-0.3, -0.25) is 0 Å². The molecule has 2 aromatic carbocycles. The number of hydrogen-bond donors (Lipinski definition) is 1. The maximum Gasteiger partial charge on any atom is 0.435 e. The van der Waals surface area contributed by atoms with Crippen LogP contribution in [0.5, 0.6) is 0 Å². The molecule has 1 atom stereocenters. The summed E-state index contributed by atoms with van der Waals surface area (Å²) < 4.78 is 43.7. The minimum absolute atomic E-state index is 0.119. The van der Waals surface area contributed by atoms with Crippen LogP contribution in [0.15, 0.2) is 54.6 Å². The molecule has 1 N–H and O–H groups in total. The summed E-state index contributed by atoms with van der Waals surface area (Å²) in [4.78, 5) is 1.61. The van der Waals surface area contributed by atoms with E-state index in [1.807, 2.05) is 6.07 Å².